The summed E-state index contributed by atoms with van der Waals surface area (Å²) in [7, 11) is 0. The van der Waals surface area contributed by atoms with Crippen LogP contribution in [0.1, 0.15) is 23.1 Å². The first-order chi connectivity index (χ1) is 13.8. The Hall–Kier alpha value is -3.03. The van der Waals surface area contributed by atoms with Crippen LogP contribution in [0.25, 0.3) is 11.1 Å². The van der Waals surface area contributed by atoms with Crippen molar-refractivity contribution in [3.05, 3.63) is 63.1 Å². The number of anilines is 1. The van der Waals surface area contributed by atoms with E-state index in [1.807, 2.05) is 0 Å². The summed E-state index contributed by atoms with van der Waals surface area (Å²) in [6, 6.07) is 8.98. The van der Waals surface area contributed by atoms with Gasteiger partial charge in [0.05, 0.1) is 10.6 Å². The second kappa shape index (κ2) is 8.55. The summed E-state index contributed by atoms with van der Waals surface area (Å²) >= 11 is 12.5. The average molecular weight is 434 g/mol. The SMILES string of the molecule is NC(=O)/C(=C1\CC(C(=O)O)Nc2cc(Cl)cc(Cl)c21)c1ccc(CNC=O)cc1. The Morgan fingerprint density at radius 3 is 2.52 bits per heavy atom. The third-order valence-corrected chi connectivity index (χ3v) is 5.09. The zero-order chi connectivity index (χ0) is 21.1. The highest BCUT2D eigenvalue weighted by atomic mass is 35.5. The highest BCUT2D eigenvalue weighted by molar-refractivity contribution is 6.38. The standard InChI is InChI=1S/C20H17Cl2N3O4/c21-12-5-14(22)18-13(7-16(20(28)29)25-15(18)6-12)17(19(23)27)11-3-1-10(2-4-11)8-24-9-26/h1-6,9,16,25H,7-8H2,(H2,23,27)(H,24,26)(H,28,29)/b17-13+. The molecule has 1 heterocycles. The lowest BCUT2D eigenvalue weighted by Gasteiger charge is -2.29. The van der Waals surface area contributed by atoms with Crippen molar-refractivity contribution < 1.29 is 19.5 Å². The van der Waals surface area contributed by atoms with Crippen LogP contribution in [-0.4, -0.2) is 29.4 Å². The topological polar surface area (TPSA) is 122 Å². The van der Waals surface area contributed by atoms with Crippen LogP contribution in [0, 0.1) is 0 Å². The smallest absolute Gasteiger partial charge is 0.326 e. The second-order valence-electron chi connectivity index (χ2n) is 6.46. The molecule has 1 aliphatic rings. The van der Waals surface area contributed by atoms with Gasteiger partial charge in [0.15, 0.2) is 0 Å². The van der Waals surface area contributed by atoms with E-state index in [9.17, 15) is 19.5 Å². The summed E-state index contributed by atoms with van der Waals surface area (Å²) in [5.74, 6) is -1.79. The van der Waals surface area contributed by atoms with Crippen LogP contribution in [0.3, 0.4) is 0 Å². The van der Waals surface area contributed by atoms with Crippen LogP contribution in [0.5, 0.6) is 0 Å². The minimum Gasteiger partial charge on any atom is -0.480 e. The molecule has 2 aromatic carbocycles. The number of hydrogen-bond donors (Lipinski definition) is 4. The molecule has 1 aliphatic heterocycles. The first-order valence-corrected chi connectivity index (χ1v) is 9.35. The molecule has 1 unspecified atom stereocenters. The van der Waals surface area contributed by atoms with E-state index in [1.165, 1.54) is 6.07 Å². The molecule has 2 aromatic rings. The number of fused-ring (bicyclic) bond motifs is 1. The van der Waals surface area contributed by atoms with Gasteiger partial charge in [-0.3, -0.25) is 9.59 Å². The van der Waals surface area contributed by atoms with Gasteiger partial charge in [0, 0.05) is 29.2 Å². The van der Waals surface area contributed by atoms with E-state index in [1.54, 1.807) is 30.3 Å². The fourth-order valence-electron chi connectivity index (χ4n) is 3.33. The molecule has 2 amide bonds. The highest BCUT2D eigenvalue weighted by Gasteiger charge is 2.32. The molecule has 3 rings (SSSR count). The van der Waals surface area contributed by atoms with Crippen LogP contribution in [0.15, 0.2) is 36.4 Å². The highest BCUT2D eigenvalue weighted by Crippen LogP contribution is 2.43. The number of hydrogen-bond acceptors (Lipinski definition) is 4. The largest absolute Gasteiger partial charge is 0.480 e. The van der Waals surface area contributed by atoms with Crippen LogP contribution in [0.2, 0.25) is 10.0 Å². The summed E-state index contributed by atoms with van der Waals surface area (Å²) in [5.41, 5.74) is 8.55. The van der Waals surface area contributed by atoms with Crippen molar-refractivity contribution in [3.63, 3.8) is 0 Å². The van der Waals surface area contributed by atoms with Gasteiger partial charge in [-0.05, 0) is 28.8 Å². The molecular formula is C20H17Cl2N3O4. The Morgan fingerprint density at radius 2 is 1.93 bits per heavy atom. The Kier molecular flexibility index (Phi) is 6.10. The molecule has 0 aliphatic carbocycles. The molecule has 0 saturated carbocycles. The van der Waals surface area contributed by atoms with Gasteiger partial charge in [0.25, 0.3) is 0 Å². The minimum absolute atomic E-state index is 0.0103. The van der Waals surface area contributed by atoms with Crippen LogP contribution < -0.4 is 16.4 Å². The quantitative estimate of drug-likeness (QED) is 0.412. The molecule has 0 radical (unpaired) electrons. The number of benzene rings is 2. The van der Waals surface area contributed by atoms with Gasteiger partial charge in [-0.15, -0.1) is 0 Å². The number of rotatable bonds is 6. The summed E-state index contributed by atoms with van der Waals surface area (Å²) in [6.07, 6.45) is 0.603. The van der Waals surface area contributed by atoms with E-state index in [0.29, 0.717) is 40.4 Å². The lowest BCUT2D eigenvalue weighted by atomic mass is 9.85. The maximum atomic E-state index is 12.4. The number of carboxylic acids is 1. The Bertz CT molecular complexity index is 1020. The minimum atomic E-state index is -1.08. The van der Waals surface area contributed by atoms with Gasteiger partial charge in [-0.2, -0.15) is 0 Å². The Morgan fingerprint density at radius 1 is 1.24 bits per heavy atom. The maximum absolute atomic E-state index is 12.4. The molecule has 150 valence electrons. The van der Waals surface area contributed by atoms with Gasteiger partial charge in [0.1, 0.15) is 6.04 Å². The van der Waals surface area contributed by atoms with Crippen LogP contribution >= 0.6 is 23.2 Å². The lowest BCUT2D eigenvalue weighted by molar-refractivity contribution is -0.137. The van der Waals surface area contributed by atoms with E-state index in [-0.39, 0.29) is 17.0 Å². The monoisotopic (exact) mass is 433 g/mol. The van der Waals surface area contributed by atoms with Crippen molar-refractivity contribution in [1.29, 1.82) is 0 Å². The average Bonchev–Trinajstić information content (AvgIpc) is 2.66. The van der Waals surface area contributed by atoms with Crippen LogP contribution in [0.4, 0.5) is 5.69 Å². The summed E-state index contributed by atoms with van der Waals surface area (Å²) in [6.45, 7) is 0.338. The summed E-state index contributed by atoms with van der Waals surface area (Å²) in [5, 5.41) is 15.6. The van der Waals surface area contributed by atoms with E-state index in [2.05, 4.69) is 10.6 Å². The van der Waals surface area contributed by atoms with Crippen molar-refractivity contribution in [3.8, 4) is 0 Å². The molecule has 5 N–H and O–H groups in total. The predicted octanol–water partition coefficient (Wildman–Crippen LogP) is 2.90. The third-order valence-electron chi connectivity index (χ3n) is 4.57. The first kappa shape index (κ1) is 20.7. The zero-order valence-electron chi connectivity index (χ0n) is 15.0. The van der Waals surface area contributed by atoms with Gasteiger partial charge in [0.2, 0.25) is 12.3 Å². The Labute approximate surface area is 176 Å². The number of carboxylic acid groups (broad SMARTS) is 1. The third kappa shape index (κ3) is 4.36. The molecular weight excluding hydrogens is 417 g/mol. The summed E-state index contributed by atoms with van der Waals surface area (Å²) in [4.78, 5) is 34.5. The number of aliphatic carboxylic acids is 1. The fraction of sp³-hybridized carbons (Fsp3) is 0.150. The van der Waals surface area contributed by atoms with Gasteiger partial charge in [-0.1, -0.05) is 47.5 Å². The normalized spacial score (nSPS) is 17.0. The van der Waals surface area contributed by atoms with Crippen molar-refractivity contribution in [2.24, 2.45) is 5.73 Å². The number of carbonyl (C=O) groups is 3. The van der Waals surface area contributed by atoms with Gasteiger partial charge < -0.3 is 21.5 Å². The summed E-state index contributed by atoms with van der Waals surface area (Å²) < 4.78 is 0. The molecule has 29 heavy (non-hydrogen) atoms. The van der Waals surface area contributed by atoms with E-state index in [0.717, 1.165) is 5.56 Å². The predicted molar refractivity (Wildman–Crippen MR) is 111 cm³/mol. The molecule has 9 heteroatoms. The second-order valence-corrected chi connectivity index (χ2v) is 7.31. The van der Waals surface area contributed by atoms with Crippen molar-refractivity contribution >= 4 is 58.3 Å². The zero-order valence-corrected chi connectivity index (χ0v) is 16.6. The van der Waals surface area contributed by atoms with Crippen molar-refractivity contribution in [2.75, 3.05) is 5.32 Å². The number of carbonyl (C=O) groups excluding carboxylic acids is 2. The molecule has 0 bridgehead atoms. The van der Waals surface area contributed by atoms with E-state index < -0.39 is 17.9 Å². The van der Waals surface area contributed by atoms with Crippen LogP contribution in [-0.2, 0) is 20.9 Å². The number of halogens is 2. The number of nitrogens with two attached hydrogens (primary N) is 1. The Balaban J connectivity index is 2.19. The van der Waals surface area contributed by atoms with E-state index >= 15 is 0 Å². The molecule has 1 atom stereocenters. The molecule has 0 spiro atoms. The molecule has 0 aromatic heterocycles. The maximum Gasteiger partial charge on any atom is 0.326 e. The molecule has 0 saturated heterocycles. The fourth-order valence-corrected chi connectivity index (χ4v) is 3.94. The number of amides is 2. The molecule has 7 nitrogen and oxygen atoms in total. The van der Waals surface area contributed by atoms with Crippen molar-refractivity contribution in [2.45, 2.75) is 19.0 Å². The van der Waals surface area contributed by atoms with Gasteiger partial charge in [-0.25, -0.2) is 4.79 Å². The molecule has 0 fully saturated rings. The van der Waals surface area contributed by atoms with E-state index in [4.69, 9.17) is 28.9 Å². The first-order valence-electron chi connectivity index (χ1n) is 8.60. The lowest BCUT2D eigenvalue weighted by Crippen LogP contribution is -2.33. The van der Waals surface area contributed by atoms with Crippen molar-refractivity contribution in [1.82, 2.24) is 5.32 Å². The number of nitrogens with one attached hydrogen (secondary N) is 2. The van der Waals surface area contributed by atoms with Gasteiger partial charge >= 0.3 is 5.97 Å². The number of primary amides is 1.